The molecule has 1 saturated heterocycles. The van der Waals surface area contributed by atoms with Crippen molar-refractivity contribution < 1.29 is 9.53 Å². The molecule has 0 bridgehead atoms. The van der Waals surface area contributed by atoms with Crippen LogP contribution in [0.4, 0.5) is 4.79 Å². The van der Waals surface area contributed by atoms with E-state index in [1.807, 2.05) is 44.5 Å². The highest BCUT2D eigenvalue weighted by molar-refractivity contribution is 7.99. The van der Waals surface area contributed by atoms with E-state index in [0.29, 0.717) is 11.2 Å². The van der Waals surface area contributed by atoms with Gasteiger partial charge in [-0.15, -0.1) is 0 Å². The molecule has 0 aromatic heterocycles. The van der Waals surface area contributed by atoms with Gasteiger partial charge in [0, 0.05) is 44.5 Å². The topological polar surface area (TPSA) is 57.2 Å². The van der Waals surface area contributed by atoms with Crippen molar-refractivity contribution in [2.24, 2.45) is 10.9 Å². The summed E-state index contributed by atoms with van der Waals surface area (Å²) in [5.74, 6) is 1.64. The van der Waals surface area contributed by atoms with Crippen molar-refractivity contribution in [3.63, 3.8) is 0 Å². The number of guanidine groups is 1. The number of nitrogens with one attached hydrogen (secondary N) is 1. The molecule has 1 aliphatic carbocycles. The third kappa shape index (κ3) is 7.43. The van der Waals surface area contributed by atoms with Gasteiger partial charge < -0.3 is 19.9 Å². The molecule has 0 radical (unpaired) electrons. The van der Waals surface area contributed by atoms with Crippen molar-refractivity contribution in [3.05, 3.63) is 0 Å². The molecule has 156 valence electrons. The molecule has 0 aromatic rings. The van der Waals surface area contributed by atoms with Gasteiger partial charge in [0.15, 0.2) is 5.96 Å². The second kappa shape index (κ2) is 9.89. The Morgan fingerprint density at radius 3 is 2.41 bits per heavy atom. The van der Waals surface area contributed by atoms with Gasteiger partial charge in [-0.25, -0.2) is 4.79 Å². The van der Waals surface area contributed by atoms with E-state index < -0.39 is 5.60 Å². The van der Waals surface area contributed by atoms with Gasteiger partial charge in [0.05, 0.1) is 0 Å². The molecule has 2 rings (SSSR count). The molecule has 1 atom stereocenters. The lowest BCUT2D eigenvalue weighted by molar-refractivity contribution is 0.00928. The van der Waals surface area contributed by atoms with Gasteiger partial charge in [0.1, 0.15) is 5.60 Å². The second-order valence-corrected chi connectivity index (χ2v) is 10.0. The number of hydrogen-bond acceptors (Lipinski definition) is 4. The van der Waals surface area contributed by atoms with Crippen molar-refractivity contribution in [1.82, 2.24) is 15.1 Å². The van der Waals surface area contributed by atoms with E-state index in [1.165, 1.54) is 12.8 Å². The highest BCUT2D eigenvalue weighted by atomic mass is 32.2. The van der Waals surface area contributed by atoms with Crippen LogP contribution in [-0.2, 0) is 4.74 Å². The molecule has 1 amide bonds. The van der Waals surface area contributed by atoms with Gasteiger partial charge >= 0.3 is 6.09 Å². The van der Waals surface area contributed by atoms with Crippen LogP contribution in [0, 0.1) is 5.92 Å². The van der Waals surface area contributed by atoms with Gasteiger partial charge in [-0.1, -0.05) is 6.92 Å². The molecule has 1 N–H and O–H groups in total. The van der Waals surface area contributed by atoms with Gasteiger partial charge in [0.25, 0.3) is 0 Å². The summed E-state index contributed by atoms with van der Waals surface area (Å²) in [4.78, 5) is 21.5. The lowest BCUT2D eigenvalue weighted by Crippen LogP contribution is -2.53. The summed E-state index contributed by atoms with van der Waals surface area (Å²) in [5.41, 5.74) is -0.445. The first-order chi connectivity index (χ1) is 12.7. The molecule has 1 heterocycles. The molecular weight excluding hydrogens is 360 g/mol. The van der Waals surface area contributed by atoms with E-state index in [9.17, 15) is 4.79 Å². The van der Waals surface area contributed by atoms with Crippen molar-refractivity contribution in [3.8, 4) is 0 Å². The second-order valence-electron chi connectivity index (χ2n) is 8.77. The van der Waals surface area contributed by atoms with Crippen LogP contribution >= 0.6 is 11.8 Å². The molecular formula is C20H38N4O2S. The van der Waals surface area contributed by atoms with Crippen LogP contribution in [0.3, 0.4) is 0 Å². The predicted octanol–water partition coefficient (Wildman–Crippen LogP) is 3.42. The highest BCUT2D eigenvalue weighted by Crippen LogP contribution is 2.32. The number of piperidine rings is 1. The van der Waals surface area contributed by atoms with Crippen molar-refractivity contribution in [2.45, 2.75) is 70.3 Å². The van der Waals surface area contributed by atoms with Crippen molar-refractivity contribution in [2.75, 3.05) is 39.5 Å². The summed E-state index contributed by atoms with van der Waals surface area (Å²) in [5, 5.41) is 4.04. The average molecular weight is 399 g/mol. The number of nitrogens with zero attached hydrogens (tertiary/aromatic N) is 3. The van der Waals surface area contributed by atoms with Gasteiger partial charge in [-0.05, 0) is 58.6 Å². The quantitative estimate of drug-likeness (QED) is 0.549. The summed E-state index contributed by atoms with van der Waals surface area (Å²) >= 11 is 1.85. The maximum Gasteiger partial charge on any atom is 0.410 e. The Bertz CT molecular complexity index is 509. The van der Waals surface area contributed by atoms with Crippen molar-refractivity contribution in [1.29, 1.82) is 0 Å². The van der Waals surface area contributed by atoms with E-state index in [1.54, 1.807) is 0 Å². The molecule has 2 fully saturated rings. The lowest BCUT2D eigenvalue weighted by atomic mass is 10.0. The summed E-state index contributed by atoms with van der Waals surface area (Å²) in [6, 6.07) is 0.264. The molecule has 7 heteroatoms. The van der Waals surface area contributed by atoms with Crippen LogP contribution in [0.2, 0.25) is 0 Å². The zero-order valence-electron chi connectivity index (χ0n) is 18.0. The van der Waals surface area contributed by atoms with Gasteiger partial charge in [-0.2, -0.15) is 11.8 Å². The smallest absolute Gasteiger partial charge is 0.410 e. The zero-order chi connectivity index (χ0) is 20.0. The number of carbonyl (C=O) groups excluding carboxylic acids is 1. The first-order valence-corrected chi connectivity index (χ1v) is 11.5. The number of hydrogen-bond donors (Lipinski definition) is 1. The first-order valence-electron chi connectivity index (χ1n) is 10.2. The standard InChI is InChI=1S/C20H38N4O2S/c1-15(27-6)13-22-18(21-5)23-11-9-17(10-12-23)24(14-16-7-8-16)19(25)26-20(2,3)4/h15-17H,7-14H2,1-6H3,(H,21,22). The van der Waals surface area contributed by atoms with Crippen LogP contribution in [0.15, 0.2) is 4.99 Å². The summed E-state index contributed by atoms with van der Waals surface area (Å²) in [6.45, 7) is 11.6. The maximum atomic E-state index is 12.8. The van der Waals surface area contributed by atoms with E-state index >= 15 is 0 Å². The Labute approximate surface area is 169 Å². The van der Waals surface area contributed by atoms with Crippen LogP contribution in [-0.4, -0.2) is 78.2 Å². The summed E-state index contributed by atoms with van der Waals surface area (Å²) in [7, 11) is 1.85. The number of ether oxygens (including phenoxy) is 1. The van der Waals surface area contributed by atoms with Crippen LogP contribution < -0.4 is 5.32 Å². The number of carbonyl (C=O) groups is 1. The summed E-state index contributed by atoms with van der Waals surface area (Å²) in [6.07, 6.45) is 6.38. The predicted molar refractivity (Wildman–Crippen MR) is 115 cm³/mol. The minimum atomic E-state index is -0.445. The van der Waals surface area contributed by atoms with Crippen LogP contribution in [0.25, 0.3) is 0 Å². The molecule has 1 saturated carbocycles. The van der Waals surface area contributed by atoms with Crippen molar-refractivity contribution >= 4 is 23.8 Å². The van der Waals surface area contributed by atoms with Crippen LogP contribution in [0.1, 0.15) is 53.4 Å². The van der Waals surface area contributed by atoms with E-state index in [-0.39, 0.29) is 12.1 Å². The monoisotopic (exact) mass is 398 g/mol. The van der Waals surface area contributed by atoms with Gasteiger partial charge in [0.2, 0.25) is 0 Å². The minimum Gasteiger partial charge on any atom is -0.444 e. The Kier molecular flexibility index (Phi) is 8.13. The van der Waals surface area contributed by atoms with Gasteiger partial charge in [-0.3, -0.25) is 4.99 Å². The normalized spacial score (nSPS) is 20.4. The molecule has 0 aromatic carbocycles. The summed E-state index contributed by atoms with van der Waals surface area (Å²) < 4.78 is 5.69. The molecule has 2 aliphatic rings. The Morgan fingerprint density at radius 2 is 1.93 bits per heavy atom. The molecule has 6 nitrogen and oxygen atoms in total. The average Bonchev–Trinajstić information content (AvgIpc) is 3.43. The number of aliphatic imine (C=N–C) groups is 1. The molecule has 1 unspecified atom stereocenters. The third-order valence-corrected chi connectivity index (χ3v) is 6.12. The Hall–Kier alpha value is -1.11. The fourth-order valence-corrected chi connectivity index (χ4v) is 3.56. The molecule has 27 heavy (non-hydrogen) atoms. The number of rotatable bonds is 6. The van der Waals surface area contributed by atoms with E-state index in [2.05, 4.69) is 28.4 Å². The maximum absolute atomic E-state index is 12.8. The Balaban J connectivity index is 1.91. The minimum absolute atomic E-state index is 0.149. The lowest BCUT2D eigenvalue weighted by Gasteiger charge is -2.40. The highest BCUT2D eigenvalue weighted by Gasteiger charge is 2.35. The SMILES string of the molecule is CN=C(NCC(C)SC)N1CCC(N(CC2CC2)C(=O)OC(C)(C)C)CC1. The fraction of sp³-hybridized carbons (Fsp3) is 0.900. The van der Waals surface area contributed by atoms with Crippen LogP contribution in [0.5, 0.6) is 0 Å². The Morgan fingerprint density at radius 1 is 1.30 bits per heavy atom. The largest absolute Gasteiger partial charge is 0.444 e. The molecule has 1 aliphatic heterocycles. The third-order valence-electron chi connectivity index (χ3n) is 5.15. The zero-order valence-corrected chi connectivity index (χ0v) is 18.8. The fourth-order valence-electron chi connectivity index (χ4n) is 3.31. The number of amides is 1. The van der Waals surface area contributed by atoms with E-state index in [0.717, 1.165) is 45.0 Å². The number of thioether (sulfide) groups is 1. The molecule has 0 spiro atoms. The van der Waals surface area contributed by atoms with E-state index in [4.69, 9.17) is 4.74 Å². The first kappa shape index (κ1) is 22.2. The number of likely N-dealkylation sites (tertiary alicyclic amines) is 1.